The molecular weight excluding hydrogens is 305 g/mol. The van der Waals surface area contributed by atoms with Crippen molar-refractivity contribution in [3.63, 3.8) is 0 Å². The molecule has 1 aliphatic heterocycles. The molecule has 1 saturated carbocycles. The number of benzene rings is 1. The molecule has 1 fully saturated rings. The van der Waals surface area contributed by atoms with Crippen LogP contribution in [-0.4, -0.2) is 24.7 Å². The Morgan fingerprint density at radius 1 is 1.30 bits per heavy atom. The van der Waals surface area contributed by atoms with Crippen molar-refractivity contribution in [2.45, 2.75) is 38.9 Å². The van der Waals surface area contributed by atoms with Crippen LogP contribution >= 0.6 is 0 Å². The Morgan fingerprint density at radius 3 is 2.52 bits per heavy atom. The number of amides is 2. The zero-order chi connectivity index (χ0) is 17.0. The number of carbonyl (C=O) groups is 1. The largest absolute Gasteiger partial charge is 0.379 e. The minimum absolute atomic E-state index is 0.0733. The summed E-state index contributed by atoms with van der Waals surface area (Å²) in [5, 5.41) is 2.94. The second-order valence-corrected chi connectivity index (χ2v) is 5.53. The van der Waals surface area contributed by atoms with E-state index in [2.05, 4.69) is 42.3 Å². The van der Waals surface area contributed by atoms with E-state index in [1.54, 1.807) is 11.9 Å². The predicted octanol–water partition coefficient (Wildman–Crippen LogP) is 4.36. The van der Waals surface area contributed by atoms with Crippen molar-refractivity contribution >= 4 is 11.7 Å². The predicted molar refractivity (Wildman–Crippen MR) is 83.0 cm³/mol. The summed E-state index contributed by atoms with van der Waals surface area (Å²) in [5.74, 6) is 7.10. The van der Waals surface area contributed by atoms with Crippen LogP contribution < -0.4 is 5.32 Å². The van der Waals surface area contributed by atoms with Crippen molar-refractivity contribution in [2.75, 3.05) is 12.4 Å². The topological polar surface area (TPSA) is 32.3 Å². The summed E-state index contributed by atoms with van der Waals surface area (Å²) >= 11 is 0. The fraction of sp³-hybridized carbons (Fsp3) is 0.471. The average molecular weight is 324 g/mol. The molecule has 1 aliphatic carbocycles. The van der Waals surface area contributed by atoms with Crippen LogP contribution in [0, 0.1) is 17.8 Å². The number of hydrogen-bond acceptors (Lipinski definition) is 1. The molecule has 3 nitrogen and oxygen atoms in total. The first-order chi connectivity index (χ1) is 10.9. The van der Waals surface area contributed by atoms with E-state index in [1.165, 1.54) is 18.4 Å². The van der Waals surface area contributed by atoms with Gasteiger partial charge in [-0.05, 0) is 30.9 Å². The number of hydrogen-bond donors (Lipinski definition) is 1. The molecule has 2 aliphatic rings. The first-order valence-corrected chi connectivity index (χ1v) is 7.52. The van der Waals surface area contributed by atoms with Crippen molar-refractivity contribution in [3.8, 4) is 11.8 Å². The number of alkyl halides is 3. The van der Waals surface area contributed by atoms with Gasteiger partial charge < -0.3 is 10.2 Å². The molecule has 6 heteroatoms. The third kappa shape index (κ3) is 4.65. The molecule has 1 aromatic rings. The van der Waals surface area contributed by atoms with Gasteiger partial charge in [-0.1, -0.05) is 30.9 Å². The number of nitrogens with zero attached hydrogens (tertiary/aromatic N) is 1. The van der Waals surface area contributed by atoms with E-state index in [0.29, 0.717) is 5.92 Å². The van der Waals surface area contributed by atoms with Gasteiger partial charge in [0.2, 0.25) is 0 Å². The van der Waals surface area contributed by atoms with E-state index < -0.39 is 6.68 Å². The van der Waals surface area contributed by atoms with Crippen LogP contribution in [0.5, 0.6) is 0 Å². The Bertz CT molecular complexity index is 630. The number of nitrogens with one attached hydrogen (secondary N) is 1. The molecular formula is C17H19F3N2O. The van der Waals surface area contributed by atoms with E-state index in [9.17, 15) is 18.0 Å². The molecule has 0 bridgehead atoms. The SMILES string of the molecule is CCc1ccc2c(c1)NC(=O)N(C)C2C#CC1CC1.FC(F)F. The lowest BCUT2D eigenvalue weighted by Crippen LogP contribution is -2.39. The highest BCUT2D eigenvalue weighted by Crippen LogP contribution is 2.34. The van der Waals surface area contributed by atoms with Gasteiger partial charge in [0.15, 0.2) is 0 Å². The third-order valence-electron chi connectivity index (χ3n) is 3.77. The van der Waals surface area contributed by atoms with Gasteiger partial charge in [0.1, 0.15) is 6.04 Å². The third-order valence-corrected chi connectivity index (χ3v) is 3.77. The molecule has 1 heterocycles. The van der Waals surface area contributed by atoms with Crippen LogP contribution in [0.4, 0.5) is 23.7 Å². The normalized spacial score (nSPS) is 19.1. The minimum Gasteiger partial charge on any atom is -0.310 e. The van der Waals surface area contributed by atoms with Crippen LogP contribution in [0.25, 0.3) is 0 Å². The van der Waals surface area contributed by atoms with Crippen LogP contribution in [0.2, 0.25) is 0 Å². The zero-order valence-corrected chi connectivity index (χ0v) is 13.1. The second kappa shape index (κ2) is 7.40. The Morgan fingerprint density at radius 2 is 1.96 bits per heavy atom. The fourth-order valence-electron chi connectivity index (χ4n) is 2.30. The molecule has 1 atom stereocenters. The van der Waals surface area contributed by atoms with Gasteiger partial charge in [-0.25, -0.2) is 4.79 Å². The Kier molecular flexibility index (Phi) is 5.54. The number of halogens is 3. The number of carbonyl (C=O) groups excluding carboxylic acids is 1. The molecule has 2 amide bonds. The summed E-state index contributed by atoms with van der Waals surface area (Å²) in [4.78, 5) is 13.7. The number of urea groups is 1. The summed E-state index contributed by atoms with van der Waals surface area (Å²) in [6, 6.07) is 6.09. The summed E-state index contributed by atoms with van der Waals surface area (Å²) in [5.41, 5.74) is 3.25. The molecule has 124 valence electrons. The van der Waals surface area contributed by atoms with Gasteiger partial charge in [-0.2, -0.15) is 13.2 Å². The van der Waals surface area contributed by atoms with Gasteiger partial charge in [0.05, 0.1) is 0 Å². The van der Waals surface area contributed by atoms with Crippen molar-refractivity contribution in [2.24, 2.45) is 5.92 Å². The first-order valence-electron chi connectivity index (χ1n) is 7.52. The highest BCUT2D eigenvalue weighted by Gasteiger charge is 2.29. The standard InChI is InChI=1S/C16H18N2O.CHF3/c1-3-11-6-8-13-14(10-11)17-16(19)18(2)15(13)9-7-12-4-5-12;2-1(3)4/h6,8,10,12,15H,3-5H2,1-2H3,(H,17,19);1H. The smallest absolute Gasteiger partial charge is 0.310 e. The Hall–Kier alpha value is -2.16. The summed E-state index contributed by atoms with van der Waals surface area (Å²) < 4.78 is 29.0. The zero-order valence-electron chi connectivity index (χ0n) is 13.1. The Balaban J connectivity index is 0.000000433. The van der Waals surface area contributed by atoms with E-state index >= 15 is 0 Å². The lowest BCUT2D eigenvalue weighted by atomic mass is 9.98. The highest BCUT2D eigenvalue weighted by molar-refractivity contribution is 5.93. The molecule has 1 unspecified atom stereocenters. The molecule has 0 saturated heterocycles. The van der Waals surface area contributed by atoms with Gasteiger partial charge in [0, 0.05) is 24.2 Å². The number of anilines is 1. The molecule has 1 N–H and O–H groups in total. The van der Waals surface area contributed by atoms with E-state index in [4.69, 9.17) is 0 Å². The fourth-order valence-corrected chi connectivity index (χ4v) is 2.30. The van der Waals surface area contributed by atoms with Crippen LogP contribution in [-0.2, 0) is 6.42 Å². The molecule has 0 radical (unpaired) electrons. The van der Waals surface area contributed by atoms with Gasteiger partial charge >= 0.3 is 12.7 Å². The lowest BCUT2D eigenvalue weighted by Gasteiger charge is -2.32. The van der Waals surface area contributed by atoms with E-state index in [1.807, 2.05) is 0 Å². The van der Waals surface area contributed by atoms with Crippen molar-refractivity contribution in [1.29, 1.82) is 0 Å². The lowest BCUT2D eigenvalue weighted by molar-refractivity contribution is 0.00819. The highest BCUT2D eigenvalue weighted by atomic mass is 19.4. The quantitative estimate of drug-likeness (QED) is 0.765. The summed E-state index contributed by atoms with van der Waals surface area (Å²) in [6.45, 7) is -1.55. The van der Waals surface area contributed by atoms with Crippen molar-refractivity contribution < 1.29 is 18.0 Å². The monoisotopic (exact) mass is 324 g/mol. The molecule has 3 rings (SSSR count). The molecule has 23 heavy (non-hydrogen) atoms. The minimum atomic E-state index is -3.67. The number of fused-ring (bicyclic) bond motifs is 1. The van der Waals surface area contributed by atoms with Crippen LogP contribution in [0.15, 0.2) is 18.2 Å². The second-order valence-electron chi connectivity index (χ2n) is 5.53. The molecule has 0 spiro atoms. The van der Waals surface area contributed by atoms with E-state index in [0.717, 1.165) is 17.7 Å². The molecule has 0 aromatic heterocycles. The van der Waals surface area contributed by atoms with E-state index in [-0.39, 0.29) is 12.1 Å². The van der Waals surface area contributed by atoms with Gasteiger partial charge in [0.25, 0.3) is 0 Å². The Labute approximate surface area is 133 Å². The van der Waals surface area contributed by atoms with Crippen LogP contribution in [0.1, 0.15) is 36.9 Å². The number of aryl methyl sites for hydroxylation is 1. The van der Waals surface area contributed by atoms with Crippen molar-refractivity contribution in [3.05, 3.63) is 29.3 Å². The maximum atomic E-state index is 12.0. The first kappa shape index (κ1) is 17.2. The summed E-state index contributed by atoms with van der Waals surface area (Å²) in [6.07, 6.45) is 3.38. The van der Waals surface area contributed by atoms with Gasteiger partial charge in [-0.15, -0.1) is 0 Å². The van der Waals surface area contributed by atoms with Crippen LogP contribution in [0.3, 0.4) is 0 Å². The maximum absolute atomic E-state index is 12.0. The molecule has 1 aromatic carbocycles. The maximum Gasteiger partial charge on any atom is 0.379 e. The average Bonchev–Trinajstić information content (AvgIpc) is 3.31. The summed E-state index contributed by atoms with van der Waals surface area (Å²) in [7, 11) is 1.80. The van der Waals surface area contributed by atoms with Crippen molar-refractivity contribution in [1.82, 2.24) is 4.90 Å². The number of rotatable bonds is 1. The van der Waals surface area contributed by atoms with Gasteiger partial charge in [-0.3, -0.25) is 0 Å².